The molecular weight excluding hydrogens is 216 g/mol. The Kier molecular flexibility index (Phi) is 4.05. The van der Waals surface area contributed by atoms with Crippen molar-refractivity contribution in [2.75, 3.05) is 26.3 Å². The number of ether oxygens (including phenoxy) is 1. The molecule has 1 saturated heterocycles. The smallest absolute Gasteiger partial charge is 0.242 e. The van der Waals surface area contributed by atoms with Crippen LogP contribution in [-0.2, 0) is 9.53 Å². The first-order valence-electron chi connectivity index (χ1n) is 6.82. The fourth-order valence-corrected chi connectivity index (χ4v) is 2.97. The van der Waals surface area contributed by atoms with Crippen molar-refractivity contribution in [1.29, 1.82) is 0 Å². The summed E-state index contributed by atoms with van der Waals surface area (Å²) in [6.45, 7) is 5.22. The molecule has 0 aromatic carbocycles. The van der Waals surface area contributed by atoms with Gasteiger partial charge >= 0.3 is 0 Å². The van der Waals surface area contributed by atoms with E-state index < -0.39 is 5.54 Å². The highest BCUT2D eigenvalue weighted by atomic mass is 16.5. The van der Waals surface area contributed by atoms with Gasteiger partial charge in [0.15, 0.2) is 0 Å². The molecule has 0 spiro atoms. The van der Waals surface area contributed by atoms with E-state index in [9.17, 15) is 4.79 Å². The van der Waals surface area contributed by atoms with Crippen LogP contribution in [0.25, 0.3) is 0 Å². The molecule has 2 rings (SSSR count). The van der Waals surface area contributed by atoms with Gasteiger partial charge in [-0.25, -0.2) is 0 Å². The third kappa shape index (κ3) is 2.80. The van der Waals surface area contributed by atoms with Crippen molar-refractivity contribution in [1.82, 2.24) is 4.90 Å². The van der Waals surface area contributed by atoms with Crippen molar-refractivity contribution in [3.05, 3.63) is 0 Å². The van der Waals surface area contributed by atoms with Crippen LogP contribution < -0.4 is 5.73 Å². The summed E-state index contributed by atoms with van der Waals surface area (Å²) in [5.74, 6) is 0.679. The van der Waals surface area contributed by atoms with Crippen molar-refractivity contribution in [2.24, 2.45) is 11.7 Å². The van der Waals surface area contributed by atoms with Gasteiger partial charge < -0.3 is 15.4 Å². The molecule has 98 valence electrons. The molecule has 0 bridgehead atoms. The summed E-state index contributed by atoms with van der Waals surface area (Å²) in [7, 11) is 0. The summed E-state index contributed by atoms with van der Waals surface area (Å²) in [5, 5.41) is 0. The highest BCUT2D eigenvalue weighted by Gasteiger charge is 2.41. The molecule has 17 heavy (non-hydrogen) atoms. The quantitative estimate of drug-likeness (QED) is 0.802. The molecular formula is C13H24N2O2. The van der Waals surface area contributed by atoms with E-state index in [1.165, 1.54) is 0 Å². The monoisotopic (exact) mass is 240 g/mol. The number of hydrogen-bond acceptors (Lipinski definition) is 3. The highest BCUT2D eigenvalue weighted by Crippen LogP contribution is 2.30. The van der Waals surface area contributed by atoms with Crippen LogP contribution in [0, 0.1) is 5.92 Å². The standard InChI is InChI=1S/C13H24N2O2/c1-2-17-10-11-5-8-15(9-11)12(16)13(14)6-3-4-7-13/h11H,2-10,14H2,1H3. The van der Waals surface area contributed by atoms with E-state index >= 15 is 0 Å². The molecule has 1 unspecified atom stereocenters. The van der Waals surface area contributed by atoms with Gasteiger partial charge in [0.2, 0.25) is 5.91 Å². The first kappa shape index (κ1) is 12.8. The molecule has 0 radical (unpaired) electrons. The van der Waals surface area contributed by atoms with Gasteiger partial charge in [-0.2, -0.15) is 0 Å². The van der Waals surface area contributed by atoms with Gasteiger partial charge in [0, 0.05) is 25.6 Å². The lowest BCUT2D eigenvalue weighted by Gasteiger charge is -2.28. The lowest BCUT2D eigenvalue weighted by molar-refractivity contribution is -0.135. The second-order valence-electron chi connectivity index (χ2n) is 5.43. The molecule has 4 heteroatoms. The van der Waals surface area contributed by atoms with E-state index in [0.29, 0.717) is 5.92 Å². The number of nitrogens with zero attached hydrogens (tertiary/aromatic N) is 1. The van der Waals surface area contributed by atoms with Crippen LogP contribution in [0.1, 0.15) is 39.0 Å². The van der Waals surface area contributed by atoms with Crippen molar-refractivity contribution in [2.45, 2.75) is 44.6 Å². The lowest BCUT2D eigenvalue weighted by Crippen LogP contribution is -2.53. The topological polar surface area (TPSA) is 55.6 Å². The summed E-state index contributed by atoms with van der Waals surface area (Å²) >= 11 is 0. The molecule has 1 heterocycles. The molecule has 1 atom stereocenters. The Morgan fingerprint density at radius 2 is 2.18 bits per heavy atom. The number of amides is 1. The van der Waals surface area contributed by atoms with Gasteiger partial charge in [-0.05, 0) is 26.2 Å². The Balaban J connectivity index is 1.85. The maximum atomic E-state index is 12.3. The van der Waals surface area contributed by atoms with E-state index in [4.69, 9.17) is 10.5 Å². The van der Waals surface area contributed by atoms with Crippen molar-refractivity contribution < 1.29 is 9.53 Å². The van der Waals surface area contributed by atoms with Gasteiger partial charge in [-0.1, -0.05) is 12.8 Å². The van der Waals surface area contributed by atoms with E-state index in [-0.39, 0.29) is 5.91 Å². The average Bonchev–Trinajstić information content (AvgIpc) is 2.95. The van der Waals surface area contributed by atoms with Crippen LogP contribution in [0.15, 0.2) is 0 Å². The highest BCUT2D eigenvalue weighted by molar-refractivity contribution is 5.86. The number of rotatable bonds is 4. The molecule has 1 aliphatic heterocycles. The van der Waals surface area contributed by atoms with Crippen molar-refractivity contribution >= 4 is 5.91 Å². The summed E-state index contributed by atoms with van der Waals surface area (Å²) in [6, 6.07) is 0. The van der Waals surface area contributed by atoms with E-state index in [1.54, 1.807) is 0 Å². The SMILES string of the molecule is CCOCC1CCN(C(=O)C2(N)CCCC2)C1. The Hall–Kier alpha value is -0.610. The Morgan fingerprint density at radius 3 is 2.82 bits per heavy atom. The predicted molar refractivity (Wildman–Crippen MR) is 66.6 cm³/mol. The fourth-order valence-electron chi connectivity index (χ4n) is 2.97. The maximum Gasteiger partial charge on any atom is 0.242 e. The molecule has 2 N–H and O–H groups in total. The van der Waals surface area contributed by atoms with Gasteiger partial charge in [0.05, 0.1) is 12.1 Å². The number of hydrogen-bond donors (Lipinski definition) is 1. The molecule has 0 aromatic heterocycles. The third-order valence-electron chi connectivity index (χ3n) is 4.05. The first-order chi connectivity index (χ1) is 8.15. The van der Waals surface area contributed by atoms with E-state index in [1.807, 2.05) is 11.8 Å². The largest absolute Gasteiger partial charge is 0.381 e. The van der Waals surface area contributed by atoms with E-state index in [0.717, 1.165) is 58.4 Å². The van der Waals surface area contributed by atoms with Crippen LogP contribution in [0.2, 0.25) is 0 Å². The minimum absolute atomic E-state index is 0.175. The molecule has 2 aliphatic rings. The third-order valence-corrected chi connectivity index (χ3v) is 4.05. The lowest BCUT2D eigenvalue weighted by atomic mass is 9.97. The maximum absolute atomic E-state index is 12.3. The summed E-state index contributed by atoms with van der Waals surface area (Å²) in [4.78, 5) is 14.3. The minimum Gasteiger partial charge on any atom is -0.381 e. The van der Waals surface area contributed by atoms with Crippen molar-refractivity contribution in [3.63, 3.8) is 0 Å². The number of nitrogens with two attached hydrogens (primary N) is 1. The summed E-state index contributed by atoms with van der Waals surface area (Å²) < 4.78 is 5.43. The number of likely N-dealkylation sites (tertiary alicyclic amines) is 1. The Bertz CT molecular complexity index is 275. The number of carbonyl (C=O) groups is 1. The predicted octanol–water partition coefficient (Wildman–Crippen LogP) is 1.14. The van der Waals surface area contributed by atoms with Crippen LogP contribution in [0.3, 0.4) is 0 Å². The summed E-state index contributed by atoms with van der Waals surface area (Å²) in [6.07, 6.45) is 4.97. The zero-order chi connectivity index (χ0) is 12.3. The number of carbonyl (C=O) groups excluding carboxylic acids is 1. The minimum atomic E-state index is -0.555. The van der Waals surface area contributed by atoms with Gasteiger partial charge in [-0.15, -0.1) is 0 Å². The molecule has 4 nitrogen and oxygen atoms in total. The molecule has 1 saturated carbocycles. The van der Waals surface area contributed by atoms with Crippen molar-refractivity contribution in [3.8, 4) is 0 Å². The Labute approximate surface area is 103 Å². The average molecular weight is 240 g/mol. The molecule has 1 aliphatic carbocycles. The normalized spacial score (nSPS) is 27.6. The first-order valence-corrected chi connectivity index (χ1v) is 6.82. The van der Waals surface area contributed by atoms with Gasteiger partial charge in [-0.3, -0.25) is 4.79 Å². The van der Waals surface area contributed by atoms with Gasteiger partial charge in [0.1, 0.15) is 0 Å². The fraction of sp³-hybridized carbons (Fsp3) is 0.923. The van der Waals surface area contributed by atoms with Crippen LogP contribution in [0.5, 0.6) is 0 Å². The Morgan fingerprint density at radius 1 is 1.47 bits per heavy atom. The summed E-state index contributed by atoms with van der Waals surface area (Å²) in [5.41, 5.74) is 5.65. The van der Waals surface area contributed by atoms with Crippen LogP contribution >= 0.6 is 0 Å². The van der Waals surface area contributed by atoms with Crippen LogP contribution in [0.4, 0.5) is 0 Å². The van der Waals surface area contributed by atoms with Gasteiger partial charge in [0.25, 0.3) is 0 Å². The molecule has 1 amide bonds. The second-order valence-corrected chi connectivity index (χ2v) is 5.43. The second kappa shape index (κ2) is 5.36. The van der Waals surface area contributed by atoms with Crippen LogP contribution in [-0.4, -0.2) is 42.6 Å². The zero-order valence-electron chi connectivity index (χ0n) is 10.8. The zero-order valence-corrected chi connectivity index (χ0v) is 10.8. The van der Waals surface area contributed by atoms with E-state index in [2.05, 4.69) is 0 Å². The molecule has 2 fully saturated rings. The molecule has 0 aromatic rings.